The first kappa shape index (κ1) is 23.1. The number of rotatable bonds is 13. The maximum atomic E-state index is 9.13. The maximum absolute atomic E-state index is 9.13. The van der Waals surface area contributed by atoms with Gasteiger partial charge < -0.3 is 14.3 Å². The number of aliphatic hydroxyl groups excluding tert-OH is 1. The van der Waals surface area contributed by atoms with Gasteiger partial charge in [-0.3, -0.25) is 0 Å². The molecule has 0 saturated heterocycles. The molecular formula is C22H38O3Si. The van der Waals surface area contributed by atoms with Gasteiger partial charge in [0.1, 0.15) is 0 Å². The van der Waals surface area contributed by atoms with Gasteiger partial charge in [0.2, 0.25) is 0 Å². The van der Waals surface area contributed by atoms with E-state index in [1.807, 2.05) is 24.3 Å². The third-order valence-electron chi connectivity index (χ3n) is 5.44. The van der Waals surface area contributed by atoms with Crippen molar-refractivity contribution < 1.29 is 14.3 Å². The predicted molar refractivity (Wildman–Crippen MR) is 113 cm³/mol. The fraction of sp³-hybridized carbons (Fsp3) is 0.636. The van der Waals surface area contributed by atoms with Gasteiger partial charge in [0, 0.05) is 5.92 Å². The van der Waals surface area contributed by atoms with Gasteiger partial charge in [-0.05, 0) is 29.6 Å². The van der Waals surface area contributed by atoms with Crippen molar-refractivity contribution in [2.75, 3.05) is 13.2 Å². The first-order valence-electron chi connectivity index (χ1n) is 10.1. The van der Waals surface area contributed by atoms with Crippen molar-refractivity contribution in [2.24, 2.45) is 11.8 Å². The van der Waals surface area contributed by atoms with Crippen molar-refractivity contribution in [1.29, 1.82) is 0 Å². The molecule has 3 atom stereocenters. The Bertz CT molecular complexity index is 491. The Morgan fingerprint density at radius 2 is 1.65 bits per heavy atom. The van der Waals surface area contributed by atoms with Crippen LogP contribution in [0, 0.1) is 11.8 Å². The summed E-state index contributed by atoms with van der Waals surface area (Å²) in [5.74, 6) is 0.558. The average molecular weight is 379 g/mol. The van der Waals surface area contributed by atoms with E-state index >= 15 is 0 Å². The number of hydrogen-bond donors (Lipinski definition) is 1. The van der Waals surface area contributed by atoms with Crippen LogP contribution in [0.1, 0.15) is 40.2 Å². The second-order valence-corrected chi connectivity index (χ2v) is 12.0. The van der Waals surface area contributed by atoms with E-state index in [1.54, 1.807) is 0 Å². The van der Waals surface area contributed by atoms with Crippen LogP contribution in [-0.2, 0) is 15.8 Å². The summed E-state index contributed by atoms with van der Waals surface area (Å²) in [4.78, 5) is 0. The highest BCUT2D eigenvalue weighted by Crippen LogP contribution is 2.29. The second-order valence-electron chi connectivity index (χ2n) is 7.27. The van der Waals surface area contributed by atoms with E-state index in [1.165, 1.54) is 5.56 Å². The standard InChI is InChI=1S/C22H38O3Si/c1-6-26(7-2,8-3)25-22(19(4)13-12-16-23)20(5)17-24-18-21-14-10-9-11-15-21/h9-15,19-20,22-23H,6-8,16-18H2,1-5H3/b13-12+/t19-,20+,22-/m0/s1. The molecule has 1 aromatic carbocycles. The minimum atomic E-state index is -1.70. The molecule has 148 valence electrons. The lowest BCUT2D eigenvalue weighted by molar-refractivity contribution is 0.0205. The first-order chi connectivity index (χ1) is 12.5. The van der Waals surface area contributed by atoms with Crippen LogP contribution < -0.4 is 0 Å². The van der Waals surface area contributed by atoms with E-state index in [9.17, 15) is 0 Å². The first-order valence-corrected chi connectivity index (χ1v) is 12.6. The van der Waals surface area contributed by atoms with Crippen molar-refractivity contribution in [3.8, 4) is 0 Å². The van der Waals surface area contributed by atoms with Crippen LogP contribution >= 0.6 is 0 Å². The Morgan fingerprint density at radius 1 is 1.04 bits per heavy atom. The van der Waals surface area contributed by atoms with Gasteiger partial charge in [-0.2, -0.15) is 0 Å². The zero-order valence-electron chi connectivity index (χ0n) is 17.3. The zero-order valence-corrected chi connectivity index (χ0v) is 18.3. The molecular weight excluding hydrogens is 340 g/mol. The van der Waals surface area contributed by atoms with E-state index < -0.39 is 8.32 Å². The molecule has 0 aliphatic carbocycles. The van der Waals surface area contributed by atoms with Gasteiger partial charge in [0.05, 0.1) is 25.9 Å². The Morgan fingerprint density at radius 3 is 2.19 bits per heavy atom. The summed E-state index contributed by atoms with van der Waals surface area (Å²) < 4.78 is 12.8. The summed E-state index contributed by atoms with van der Waals surface area (Å²) in [6.07, 6.45) is 4.03. The van der Waals surface area contributed by atoms with Crippen LogP contribution in [0.2, 0.25) is 18.1 Å². The predicted octanol–water partition coefficient (Wildman–Crippen LogP) is 5.41. The minimum absolute atomic E-state index is 0.0772. The smallest absolute Gasteiger partial charge is 0.192 e. The van der Waals surface area contributed by atoms with Crippen LogP contribution in [0.15, 0.2) is 42.5 Å². The highest BCUT2D eigenvalue weighted by Gasteiger charge is 2.35. The molecule has 0 aliphatic rings. The molecule has 26 heavy (non-hydrogen) atoms. The van der Waals surface area contributed by atoms with Crippen LogP contribution in [-0.4, -0.2) is 32.7 Å². The quantitative estimate of drug-likeness (QED) is 0.368. The Labute approximate surface area is 161 Å². The van der Waals surface area contributed by atoms with Crippen LogP contribution in [0.4, 0.5) is 0 Å². The SMILES string of the molecule is CC[Si](CC)(CC)O[C@H]([C@H](C)COCc1ccccc1)[C@@H](C)/C=C/CO. The van der Waals surface area contributed by atoms with E-state index in [0.717, 1.165) is 18.1 Å². The van der Waals surface area contributed by atoms with E-state index in [4.69, 9.17) is 14.3 Å². The van der Waals surface area contributed by atoms with E-state index in [-0.39, 0.29) is 18.6 Å². The Kier molecular flexibility index (Phi) is 11.1. The van der Waals surface area contributed by atoms with E-state index in [0.29, 0.717) is 19.1 Å². The van der Waals surface area contributed by atoms with Crippen molar-refractivity contribution in [3.05, 3.63) is 48.0 Å². The minimum Gasteiger partial charge on any atom is -0.413 e. The monoisotopic (exact) mass is 378 g/mol. The van der Waals surface area contributed by atoms with Gasteiger partial charge in [-0.25, -0.2) is 0 Å². The molecule has 0 heterocycles. The molecule has 4 heteroatoms. The summed E-state index contributed by atoms with van der Waals surface area (Å²) in [5.41, 5.74) is 1.20. The number of aliphatic hydroxyl groups is 1. The molecule has 0 fully saturated rings. The highest BCUT2D eigenvalue weighted by atomic mass is 28.4. The molecule has 0 spiro atoms. The lowest BCUT2D eigenvalue weighted by atomic mass is 9.93. The fourth-order valence-corrected chi connectivity index (χ4v) is 6.47. The van der Waals surface area contributed by atoms with Crippen molar-refractivity contribution in [2.45, 2.75) is 65.5 Å². The van der Waals surface area contributed by atoms with Gasteiger partial charge >= 0.3 is 0 Å². The lowest BCUT2D eigenvalue weighted by Gasteiger charge is -2.38. The molecule has 0 saturated carbocycles. The molecule has 0 radical (unpaired) electrons. The normalized spacial score (nSPS) is 15.9. The fourth-order valence-electron chi connectivity index (χ4n) is 3.45. The molecule has 0 unspecified atom stereocenters. The third kappa shape index (κ3) is 7.35. The molecule has 0 bridgehead atoms. The largest absolute Gasteiger partial charge is 0.413 e. The van der Waals surface area contributed by atoms with Gasteiger partial charge in [0.25, 0.3) is 0 Å². The van der Waals surface area contributed by atoms with Crippen molar-refractivity contribution in [3.63, 3.8) is 0 Å². The molecule has 1 N–H and O–H groups in total. The lowest BCUT2D eigenvalue weighted by Crippen LogP contribution is -2.45. The van der Waals surface area contributed by atoms with Crippen molar-refractivity contribution in [1.82, 2.24) is 0 Å². The molecule has 0 aliphatic heterocycles. The number of hydrogen-bond acceptors (Lipinski definition) is 3. The van der Waals surface area contributed by atoms with Crippen molar-refractivity contribution >= 4 is 8.32 Å². The van der Waals surface area contributed by atoms with E-state index in [2.05, 4.69) is 52.8 Å². The van der Waals surface area contributed by atoms with Gasteiger partial charge in [0.15, 0.2) is 8.32 Å². The van der Waals surface area contributed by atoms with Crippen LogP contribution in [0.3, 0.4) is 0 Å². The summed E-state index contributed by atoms with van der Waals surface area (Å²) in [6, 6.07) is 13.7. The highest BCUT2D eigenvalue weighted by molar-refractivity contribution is 6.73. The van der Waals surface area contributed by atoms with Crippen LogP contribution in [0.25, 0.3) is 0 Å². The third-order valence-corrected chi connectivity index (χ3v) is 10.1. The average Bonchev–Trinajstić information content (AvgIpc) is 2.68. The number of benzene rings is 1. The molecule has 0 amide bonds. The summed E-state index contributed by atoms with van der Waals surface area (Å²) in [7, 11) is -1.70. The maximum Gasteiger partial charge on any atom is 0.192 e. The summed E-state index contributed by atoms with van der Waals surface area (Å²) in [6.45, 7) is 12.6. The summed E-state index contributed by atoms with van der Waals surface area (Å²) >= 11 is 0. The number of ether oxygens (including phenoxy) is 1. The topological polar surface area (TPSA) is 38.7 Å². The van der Waals surface area contributed by atoms with Gasteiger partial charge in [-0.1, -0.05) is 77.1 Å². The second kappa shape index (κ2) is 12.4. The molecule has 3 nitrogen and oxygen atoms in total. The van der Waals surface area contributed by atoms with Gasteiger partial charge in [-0.15, -0.1) is 0 Å². The summed E-state index contributed by atoms with van der Waals surface area (Å²) in [5, 5.41) is 9.13. The Hall–Kier alpha value is -0.943. The molecule has 0 aromatic heterocycles. The van der Waals surface area contributed by atoms with Crippen LogP contribution in [0.5, 0.6) is 0 Å². The Balaban J connectivity index is 2.76. The molecule has 1 aromatic rings. The zero-order chi connectivity index (χ0) is 19.4. The molecule has 1 rings (SSSR count).